The van der Waals surface area contributed by atoms with E-state index in [1.165, 1.54) is 6.07 Å². The molecule has 1 aliphatic rings. The van der Waals surface area contributed by atoms with Crippen molar-refractivity contribution in [3.05, 3.63) is 93.2 Å². The summed E-state index contributed by atoms with van der Waals surface area (Å²) in [6, 6.07) is 17.7. The van der Waals surface area contributed by atoms with Gasteiger partial charge in [0.05, 0.1) is 21.6 Å². The Morgan fingerprint density at radius 1 is 1.03 bits per heavy atom. The van der Waals surface area contributed by atoms with Gasteiger partial charge in [0.15, 0.2) is 5.78 Å². The van der Waals surface area contributed by atoms with Crippen LogP contribution in [0.2, 0.25) is 0 Å². The standard InChI is InChI=1S/C28H27NO5/c1-4-28(5-2)17-16-23(30)25(24-18(3)10-8-15-22(24)29(32)33)26(28)34-27(31)21-14-9-12-19-11-6-7-13-20(19)21/h6-15H,4-5,16-17H2,1-3H3. The van der Waals surface area contributed by atoms with Gasteiger partial charge in [-0.3, -0.25) is 14.9 Å². The third kappa shape index (κ3) is 3.89. The predicted octanol–water partition coefficient (Wildman–Crippen LogP) is 6.79. The van der Waals surface area contributed by atoms with Gasteiger partial charge in [-0.2, -0.15) is 0 Å². The van der Waals surface area contributed by atoms with Crippen molar-refractivity contribution in [1.29, 1.82) is 0 Å². The third-order valence-corrected chi connectivity index (χ3v) is 7.07. The molecule has 1 aliphatic carbocycles. The quantitative estimate of drug-likeness (QED) is 0.231. The summed E-state index contributed by atoms with van der Waals surface area (Å²) in [5, 5.41) is 13.5. The molecule has 0 radical (unpaired) electrons. The molecule has 0 saturated carbocycles. The molecule has 0 bridgehead atoms. The lowest BCUT2D eigenvalue weighted by Crippen LogP contribution is -2.33. The van der Waals surface area contributed by atoms with E-state index in [0.29, 0.717) is 30.4 Å². The highest BCUT2D eigenvalue weighted by molar-refractivity contribution is 6.24. The van der Waals surface area contributed by atoms with Crippen molar-refractivity contribution in [2.45, 2.75) is 46.5 Å². The minimum Gasteiger partial charge on any atom is -0.426 e. The number of hydrogen-bond acceptors (Lipinski definition) is 5. The molecular formula is C28H27NO5. The number of carbonyl (C=O) groups excluding carboxylic acids is 2. The lowest BCUT2D eigenvalue weighted by molar-refractivity contribution is -0.385. The van der Waals surface area contributed by atoms with Gasteiger partial charge in [0.25, 0.3) is 5.69 Å². The highest BCUT2D eigenvalue weighted by atomic mass is 16.6. The van der Waals surface area contributed by atoms with E-state index < -0.39 is 16.3 Å². The highest BCUT2D eigenvalue weighted by Crippen LogP contribution is 2.50. The first-order valence-electron chi connectivity index (χ1n) is 11.5. The molecule has 3 aromatic carbocycles. The van der Waals surface area contributed by atoms with Crippen molar-refractivity contribution < 1.29 is 19.2 Å². The Morgan fingerprint density at radius 3 is 2.41 bits per heavy atom. The zero-order chi connectivity index (χ0) is 24.5. The molecule has 0 spiro atoms. The molecule has 0 fully saturated rings. The fourth-order valence-electron chi connectivity index (χ4n) is 5.00. The van der Waals surface area contributed by atoms with Crippen molar-refractivity contribution in [3.63, 3.8) is 0 Å². The Balaban J connectivity index is 1.97. The fraction of sp³-hybridized carbons (Fsp3) is 0.286. The van der Waals surface area contributed by atoms with Gasteiger partial charge in [-0.05, 0) is 48.6 Å². The number of hydrogen-bond donors (Lipinski definition) is 0. The Hall–Kier alpha value is -3.80. The number of aryl methyl sites for hydroxylation is 1. The number of Topliss-reactive ketones (excluding diaryl/α,β-unsaturated/α-hetero) is 1. The molecule has 6 nitrogen and oxygen atoms in total. The van der Waals surface area contributed by atoms with Gasteiger partial charge in [0.1, 0.15) is 5.76 Å². The van der Waals surface area contributed by atoms with Gasteiger partial charge < -0.3 is 4.74 Å². The van der Waals surface area contributed by atoms with Gasteiger partial charge in [0, 0.05) is 17.9 Å². The van der Waals surface area contributed by atoms with E-state index in [2.05, 4.69) is 0 Å². The summed E-state index contributed by atoms with van der Waals surface area (Å²) in [5.74, 6) is -0.554. The van der Waals surface area contributed by atoms with Crippen molar-refractivity contribution in [2.75, 3.05) is 0 Å². The number of fused-ring (bicyclic) bond motifs is 1. The molecule has 0 aromatic heterocycles. The van der Waals surface area contributed by atoms with Crippen LogP contribution in [-0.2, 0) is 9.53 Å². The molecule has 34 heavy (non-hydrogen) atoms. The van der Waals surface area contributed by atoms with Crippen LogP contribution >= 0.6 is 0 Å². The SMILES string of the molecule is CCC1(CC)CCC(=O)C(c2c(C)cccc2[N+](=O)[O-])=C1OC(=O)c1cccc2ccccc12. The van der Waals surface area contributed by atoms with Crippen LogP contribution in [-0.4, -0.2) is 16.7 Å². The number of nitro benzene ring substituents is 1. The Morgan fingerprint density at radius 2 is 1.71 bits per heavy atom. The number of nitro groups is 1. The topological polar surface area (TPSA) is 86.5 Å². The largest absolute Gasteiger partial charge is 0.426 e. The van der Waals surface area contributed by atoms with Gasteiger partial charge in [-0.25, -0.2) is 4.79 Å². The Kier molecular flexibility index (Phi) is 6.33. The maximum absolute atomic E-state index is 13.5. The van der Waals surface area contributed by atoms with Crippen LogP contribution in [0.5, 0.6) is 0 Å². The van der Waals surface area contributed by atoms with Crippen LogP contribution in [0.3, 0.4) is 0 Å². The molecule has 0 aliphatic heterocycles. The third-order valence-electron chi connectivity index (χ3n) is 7.07. The number of benzene rings is 3. The number of carbonyl (C=O) groups is 2. The van der Waals surface area contributed by atoms with Gasteiger partial charge >= 0.3 is 5.97 Å². The van der Waals surface area contributed by atoms with Crippen molar-refractivity contribution in [1.82, 2.24) is 0 Å². The molecule has 0 heterocycles. The van der Waals surface area contributed by atoms with Crippen molar-refractivity contribution >= 4 is 33.8 Å². The summed E-state index contributed by atoms with van der Waals surface area (Å²) in [6.45, 7) is 5.73. The monoisotopic (exact) mass is 457 g/mol. The summed E-state index contributed by atoms with van der Waals surface area (Å²) in [6.07, 6.45) is 2.05. The summed E-state index contributed by atoms with van der Waals surface area (Å²) in [5.41, 5.74) is 0.657. The lowest BCUT2D eigenvalue weighted by Gasteiger charge is -2.38. The average molecular weight is 458 g/mol. The lowest BCUT2D eigenvalue weighted by atomic mass is 9.69. The molecule has 0 atom stereocenters. The molecule has 174 valence electrons. The maximum atomic E-state index is 13.5. The van der Waals surface area contributed by atoms with E-state index in [0.717, 1.165) is 10.8 Å². The summed E-state index contributed by atoms with van der Waals surface area (Å²) >= 11 is 0. The van der Waals surface area contributed by atoms with Crippen LogP contribution in [0.4, 0.5) is 5.69 Å². The first-order valence-corrected chi connectivity index (χ1v) is 11.5. The second-order valence-corrected chi connectivity index (χ2v) is 8.76. The van der Waals surface area contributed by atoms with Crippen LogP contribution in [0.15, 0.2) is 66.4 Å². The Bertz CT molecular complexity index is 1330. The first kappa shape index (κ1) is 23.4. The van der Waals surface area contributed by atoms with Crippen LogP contribution in [0.25, 0.3) is 16.3 Å². The molecule has 0 saturated heterocycles. The molecule has 3 aromatic rings. The second kappa shape index (κ2) is 9.21. The number of rotatable bonds is 6. The smallest absolute Gasteiger partial charge is 0.343 e. The van der Waals surface area contributed by atoms with Crippen LogP contribution < -0.4 is 0 Å². The average Bonchev–Trinajstić information content (AvgIpc) is 2.84. The zero-order valence-electron chi connectivity index (χ0n) is 19.6. The maximum Gasteiger partial charge on any atom is 0.343 e. The second-order valence-electron chi connectivity index (χ2n) is 8.76. The van der Waals surface area contributed by atoms with Crippen LogP contribution in [0.1, 0.15) is 61.0 Å². The number of nitrogens with zero attached hydrogens (tertiary/aromatic N) is 1. The van der Waals surface area contributed by atoms with E-state index in [1.54, 1.807) is 31.2 Å². The van der Waals surface area contributed by atoms with Crippen molar-refractivity contribution in [2.24, 2.45) is 5.41 Å². The first-order chi connectivity index (χ1) is 16.3. The van der Waals surface area contributed by atoms with Gasteiger partial charge in [-0.15, -0.1) is 0 Å². The molecule has 6 heteroatoms. The molecule has 4 rings (SSSR count). The zero-order valence-corrected chi connectivity index (χ0v) is 19.6. The number of esters is 1. The predicted molar refractivity (Wildman–Crippen MR) is 131 cm³/mol. The molecule has 0 unspecified atom stereocenters. The summed E-state index contributed by atoms with van der Waals surface area (Å²) in [7, 11) is 0. The fourth-order valence-corrected chi connectivity index (χ4v) is 5.00. The van der Waals surface area contributed by atoms with Crippen molar-refractivity contribution in [3.8, 4) is 0 Å². The van der Waals surface area contributed by atoms with E-state index in [4.69, 9.17) is 4.74 Å². The van der Waals surface area contributed by atoms with Gasteiger partial charge in [0.2, 0.25) is 0 Å². The van der Waals surface area contributed by atoms with E-state index in [1.807, 2.05) is 44.2 Å². The highest BCUT2D eigenvalue weighted by Gasteiger charge is 2.44. The van der Waals surface area contributed by atoms with E-state index >= 15 is 0 Å². The molecule has 0 amide bonds. The normalized spacial score (nSPS) is 15.4. The summed E-state index contributed by atoms with van der Waals surface area (Å²) in [4.78, 5) is 38.2. The van der Waals surface area contributed by atoms with E-state index in [9.17, 15) is 19.7 Å². The molecular weight excluding hydrogens is 430 g/mol. The Labute approximate surface area is 198 Å². The number of ether oxygens (including phenoxy) is 1. The summed E-state index contributed by atoms with van der Waals surface area (Å²) < 4.78 is 6.11. The van der Waals surface area contributed by atoms with Crippen LogP contribution in [0, 0.1) is 22.5 Å². The minimum atomic E-state index is -0.570. The number of ketones is 1. The van der Waals surface area contributed by atoms with Gasteiger partial charge in [-0.1, -0.05) is 62.4 Å². The molecule has 0 N–H and O–H groups in total. The minimum absolute atomic E-state index is 0.160. The number of allylic oxidation sites excluding steroid dienone is 2. The van der Waals surface area contributed by atoms with E-state index in [-0.39, 0.29) is 34.8 Å².